The molecule has 0 saturated heterocycles. The first kappa shape index (κ1) is 11.4. The van der Waals surface area contributed by atoms with Crippen LogP contribution in [-0.2, 0) is 0 Å². The molecule has 0 amide bonds. The number of hydrogen-bond donors (Lipinski definition) is 2. The van der Waals surface area contributed by atoms with Gasteiger partial charge in [0.2, 0.25) is 0 Å². The highest BCUT2D eigenvalue weighted by atomic mass is 35.5. The van der Waals surface area contributed by atoms with Gasteiger partial charge in [-0.2, -0.15) is 0 Å². The standard InChI is InChI=1S/C10H16ClN3/c1-8(6-13-5-4-12)9-2-3-10(11)14-7-9/h2-3,7-8,13H,4-6,12H2,1H3. The van der Waals surface area contributed by atoms with Crippen LogP contribution >= 0.6 is 11.6 Å². The molecule has 1 aromatic rings. The third kappa shape index (κ3) is 3.62. The Kier molecular flexibility index (Phi) is 4.87. The predicted octanol–water partition coefficient (Wildman–Crippen LogP) is 1.39. The number of halogens is 1. The van der Waals surface area contributed by atoms with Gasteiger partial charge in [-0.25, -0.2) is 4.98 Å². The van der Waals surface area contributed by atoms with E-state index in [0.29, 0.717) is 17.6 Å². The molecule has 3 nitrogen and oxygen atoms in total. The number of nitrogens with two attached hydrogens (primary N) is 1. The van der Waals surface area contributed by atoms with Crippen LogP contribution in [0.15, 0.2) is 18.3 Å². The normalized spacial score (nSPS) is 12.8. The molecule has 1 aromatic heterocycles. The molecule has 0 aliphatic rings. The fourth-order valence-corrected chi connectivity index (χ4v) is 1.33. The fraction of sp³-hybridized carbons (Fsp3) is 0.500. The van der Waals surface area contributed by atoms with Crippen molar-refractivity contribution in [3.8, 4) is 0 Å². The van der Waals surface area contributed by atoms with Gasteiger partial charge in [0.1, 0.15) is 5.15 Å². The van der Waals surface area contributed by atoms with Gasteiger partial charge in [-0.1, -0.05) is 24.6 Å². The zero-order chi connectivity index (χ0) is 10.4. The van der Waals surface area contributed by atoms with Gasteiger partial charge in [-0.05, 0) is 17.5 Å². The summed E-state index contributed by atoms with van der Waals surface area (Å²) >= 11 is 5.70. The molecule has 4 heteroatoms. The van der Waals surface area contributed by atoms with Crippen LogP contribution in [0.3, 0.4) is 0 Å². The van der Waals surface area contributed by atoms with E-state index in [2.05, 4.69) is 17.2 Å². The van der Waals surface area contributed by atoms with Crippen LogP contribution in [0.5, 0.6) is 0 Å². The maximum absolute atomic E-state index is 5.70. The van der Waals surface area contributed by atoms with E-state index < -0.39 is 0 Å². The largest absolute Gasteiger partial charge is 0.329 e. The summed E-state index contributed by atoms with van der Waals surface area (Å²) in [6, 6.07) is 3.82. The SMILES string of the molecule is CC(CNCCN)c1ccc(Cl)nc1. The lowest BCUT2D eigenvalue weighted by Gasteiger charge is -2.11. The Bertz CT molecular complexity index is 261. The van der Waals surface area contributed by atoms with Gasteiger partial charge >= 0.3 is 0 Å². The Balaban J connectivity index is 2.43. The van der Waals surface area contributed by atoms with E-state index in [1.54, 1.807) is 0 Å². The summed E-state index contributed by atoms with van der Waals surface area (Å²) in [5, 5.41) is 3.80. The first-order valence-electron chi connectivity index (χ1n) is 4.76. The zero-order valence-corrected chi connectivity index (χ0v) is 9.09. The summed E-state index contributed by atoms with van der Waals surface area (Å²) in [6.45, 7) is 4.59. The molecule has 0 aliphatic heterocycles. The third-order valence-corrected chi connectivity index (χ3v) is 2.31. The molecule has 3 N–H and O–H groups in total. The molecule has 1 heterocycles. The molecule has 1 unspecified atom stereocenters. The van der Waals surface area contributed by atoms with Gasteiger partial charge in [0.25, 0.3) is 0 Å². The minimum Gasteiger partial charge on any atom is -0.329 e. The van der Waals surface area contributed by atoms with Crippen molar-refractivity contribution in [2.24, 2.45) is 5.73 Å². The topological polar surface area (TPSA) is 50.9 Å². The maximum atomic E-state index is 5.70. The van der Waals surface area contributed by atoms with Gasteiger partial charge < -0.3 is 11.1 Å². The Morgan fingerprint density at radius 2 is 2.36 bits per heavy atom. The minimum atomic E-state index is 0.436. The van der Waals surface area contributed by atoms with Crippen molar-refractivity contribution >= 4 is 11.6 Å². The molecular formula is C10H16ClN3. The smallest absolute Gasteiger partial charge is 0.129 e. The second kappa shape index (κ2) is 5.96. The van der Waals surface area contributed by atoms with Crippen molar-refractivity contribution in [2.45, 2.75) is 12.8 Å². The van der Waals surface area contributed by atoms with Gasteiger partial charge in [-0.15, -0.1) is 0 Å². The molecule has 0 radical (unpaired) electrons. The summed E-state index contributed by atoms with van der Waals surface area (Å²) in [5.41, 5.74) is 6.57. The molecular weight excluding hydrogens is 198 g/mol. The summed E-state index contributed by atoms with van der Waals surface area (Å²) in [4.78, 5) is 4.04. The average Bonchev–Trinajstić information content (AvgIpc) is 2.19. The average molecular weight is 214 g/mol. The molecule has 1 rings (SSSR count). The van der Waals surface area contributed by atoms with Crippen molar-refractivity contribution in [1.29, 1.82) is 0 Å². The number of nitrogens with zero attached hydrogens (tertiary/aromatic N) is 1. The highest BCUT2D eigenvalue weighted by molar-refractivity contribution is 6.29. The predicted molar refractivity (Wildman–Crippen MR) is 59.6 cm³/mol. The lowest BCUT2D eigenvalue weighted by Crippen LogP contribution is -2.26. The van der Waals surface area contributed by atoms with E-state index in [-0.39, 0.29) is 0 Å². The summed E-state index contributed by atoms with van der Waals surface area (Å²) in [5.74, 6) is 0.436. The van der Waals surface area contributed by atoms with Gasteiger partial charge in [0, 0.05) is 25.8 Å². The lowest BCUT2D eigenvalue weighted by atomic mass is 10.0. The van der Waals surface area contributed by atoms with Gasteiger partial charge in [0.05, 0.1) is 0 Å². The minimum absolute atomic E-state index is 0.436. The molecule has 0 aromatic carbocycles. The van der Waals surface area contributed by atoms with Crippen molar-refractivity contribution in [2.75, 3.05) is 19.6 Å². The van der Waals surface area contributed by atoms with E-state index >= 15 is 0 Å². The first-order chi connectivity index (χ1) is 6.74. The molecule has 1 atom stereocenters. The van der Waals surface area contributed by atoms with E-state index in [9.17, 15) is 0 Å². The van der Waals surface area contributed by atoms with Crippen LogP contribution in [0.4, 0.5) is 0 Å². The number of aromatic nitrogens is 1. The molecule has 0 bridgehead atoms. The molecule has 14 heavy (non-hydrogen) atoms. The van der Waals surface area contributed by atoms with Gasteiger partial charge in [-0.3, -0.25) is 0 Å². The van der Waals surface area contributed by atoms with Crippen molar-refractivity contribution in [3.63, 3.8) is 0 Å². The van der Waals surface area contributed by atoms with Crippen LogP contribution in [0.1, 0.15) is 18.4 Å². The summed E-state index contributed by atoms with van der Waals surface area (Å²) in [6.07, 6.45) is 1.82. The molecule has 0 aliphatic carbocycles. The summed E-state index contributed by atoms with van der Waals surface area (Å²) < 4.78 is 0. The molecule has 0 spiro atoms. The Labute approximate surface area is 89.7 Å². The van der Waals surface area contributed by atoms with Crippen molar-refractivity contribution < 1.29 is 0 Å². The molecule has 0 fully saturated rings. The second-order valence-electron chi connectivity index (χ2n) is 3.31. The third-order valence-electron chi connectivity index (χ3n) is 2.09. The van der Waals surface area contributed by atoms with Crippen LogP contribution < -0.4 is 11.1 Å². The van der Waals surface area contributed by atoms with Crippen LogP contribution in [-0.4, -0.2) is 24.6 Å². The second-order valence-corrected chi connectivity index (χ2v) is 3.70. The number of hydrogen-bond acceptors (Lipinski definition) is 3. The number of nitrogens with one attached hydrogen (secondary N) is 1. The van der Waals surface area contributed by atoms with E-state index in [1.165, 1.54) is 5.56 Å². The number of rotatable bonds is 5. The van der Waals surface area contributed by atoms with E-state index in [0.717, 1.165) is 13.1 Å². The van der Waals surface area contributed by atoms with Gasteiger partial charge in [0.15, 0.2) is 0 Å². The monoisotopic (exact) mass is 213 g/mol. The van der Waals surface area contributed by atoms with Crippen molar-refractivity contribution in [1.82, 2.24) is 10.3 Å². The van der Waals surface area contributed by atoms with E-state index in [1.807, 2.05) is 18.3 Å². The highest BCUT2D eigenvalue weighted by Crippen LogP contribution is 2.14. The van der Waals surface area contributed by atoms with Crippen LogP contribution in [0, 0.1) is 0 Å². The maximum Gasteiger partial charge on any atom is 0.129 e. The number of pyridine rings is 1. The summed E-state index contributed by atoms with van der Waals surface area (Å²) in [7, 11) is 0. The Morgan fingerprint density at radius 1 is 1.57 bits per heavy atom. The first-order valence-corrected chi connectivity index (χ1v) is 5.14. The van der Waals surface area contributed by atoms with Crippen LogP contribution in [0.2, 0.25) is 5.15 Å². The lowest BCUT2D eigenvalue weighted by molar-refractivity contribution is 0.619. The van der Waals surface area contributed by atoms with E-state index in [4.69, 9.17) is 17.3 Å². The Morgan fingerprint density at radius 3 is 2.93 bits per heavy atom. The van der Waals surface area contributed by atoms with Crippen LogP contribution in [0.25, 0.3) is 0 Å². The molecule has 78 valence electrons. The molecule has 0 saturated carbocycles. The van der Waals surface area contributed by atoms with Crippen molar-refractivity contribution in [3.05, 3.63) is 29.0 Å². The zero-order valence-electron chi connectivity index (χ0n) is 8.33. The Hall–Kier alpha value is -0.640. The quantitative estimate of drug-likeness (QED) is 0.574. The highest BCUT2D eigenvalue weighted by Gasteiger charge is 2.04. The fourth-order valence-electron chi connectivity index (χ4n) is 1.22.